The Balaban J connectivity index is 1.50. The zero-order chi connectivity index (χ0) is 19.6. The molecule has 8 heteroatoms. The van der Waals surface area contributed by atoms with Crippen molar-refractivity contribution in [2.45, 2.75) is 19.8 Å². The first-order chi connectivity index (χ1) is 13.7. The van der Waals surface area contributed by atoms with Gasteiger partial charge in [-0.2, -0.15) is 4.98 Å². The molecule has 7 nitrogen and oxygen atoms in total. The third-order valence-corrected chi connectivity index (χ3v) is 4.16. The molecular formula is C20H23ClN6O. The fourth-order valence-electron chi connectivity index (χ4n) is 2.53. The molecule has 0 amide bonds. The van der Waals surface area contributed by atoms with Crippen molar-refractivity contribution in [3.63, 3.8) is 0 Å². The van der Waals surface area contributed by atoms with Crippen LogP contribution < -0.4 is 10.6 Å². The number of hydrogen-bond donors (Lipinski definition) is 2. The number of pyridine rings is 1. The number of benzene rings is 1. The summed E-state index contributed by atoms with van der Waals surface area (Å²) >= 11 is 5.90. The summed E-state index contributed by atoms with van der Waals surface area (Å²) in [7, 11) is 0. The minimum Gasteiger partial charge on any atom is -0.357 e. The molecule has 0 fully saturated rings. The van der Waals surface area contributed by atoms with Gasteiger partial charge in [0.15, 0.2) is 5.96 Å². The Hall–Kier alpha value is -2.93. The van der Waals surface area contributed by atoms with E-state index in [0.29, 0.717) is 29.7 Å². The Morgan fingerprint density at radius 3 is 2.71 bits per heavy atom. The summed E-state index contributed by atoms with van der Waals surface area (Å²) in [5.74, 6) is 1.87. The summed E-state index contributed by atoms with van der Waals surface area (Å²) in [5.41, 5.74) is 1.92. The van der Waals surface area contributed by atoms with E-state index in [0.717, 1.165) is 36.7 Å². The molecule has 0 saturated heterocycles. The van der Waals surface area contributed by atoms with E-state index in [-0.39, 0.29) is 0 Å². The zero-order valence-electron chi connectivity index (χ0n) is 15.7. The van der Waals surface area contributed by atoms with E-state index in [4.69, 9.17) is 16.1 Å². The summed E-state index contributed by atoms with van der Waals surface area (Å²) in [6.45, 7) is 4.12. The molecule has 1 aromatic carbocycles. The van der Waals surface area contributed by atoms with Crippen LogP contribution in [0.4, 0.5) is 0 Å². The first-order valence-corrected chi connectivity index (χ1v) is 9.63. The highest BCUT2D eigenvalue weighted by Crippen LogP contribution is 2.18. The van der Waals surface area contributed by atoms with Crippen molar-refractivity contribution in [1.82, 2.24) is 25.8 Å². The van der Waals surface area contributed by atoms with Gasteiger partial charge in [0.2, 0.25) is 11.7 Å². The van der Waals surface area contributed by atoms with Gasteiger partial charge < -0.3 is 15.2 Å². The molecule has 0 unspecified atom stereocenters. The third kappa shape index (κ3) is 6.06. The van der Waals surface area contributed by atoms with Crippen LogP contribution in [0, 0.1) is 0 Å². The molecule has 0 saturated carbocycles. The average Bonchev–Trinajstić information content (AvgIpc) is 3.18. The van der Waals surface area contributed by atoms with E-state index in [2.05, 4.69) is 30.8 Å². The lowest BCUT2D eigenvalue weighted by atomic mass is 10.2. The number of aliphatic imine (C=N–C) groups is 1. The number of halogens is 1. The fourth-order valence-corrected chi connectivity index (χ4v) is 2.66. The van der Waals surface area contributed by atoms with Crippen LogP contribution in [0.1, 0.15) is 18.5 Å². The molecule has 3 rings (SSSR count). The zero-order valence-corrected chi connectivity index (χ0v) is 16.5. The van der Waals surface area contributed by atoms with Crippen LogP contribution in [0.25, 0.3) is 11.4 Å². The van der Waals surface area contributed by atoms with E-state index >= 15 is 0 Å². The molecule has 3 aromatic rings. The minimum absolute atomic E-state index is 0.543. The topological polar surface area (TPSA) is 88.2 Å². The predicted molar refractivity (Wildman–Crippen MR) is 110 cm³/mol. The first kappa shape index (κ1) is 19.8. The van der Waals surface area contributed by atoms with E-state index in [9.17, 15) is 0 Å². The number of nitrogens with zero attached hydrogens (tertiary/aromatic N) is 4. The molecule has 0 atom stereocenters. The second kappa shape index (κ2) is 10.4. The molecule has 2 N–H and O–H groups in total. The lowest BCUT2D eigenvalue weighted by Crippen LogP contribution is -2.38. The summed E-state index contributed by atoms with van der Waals surface area (Å²) in [5, 5.41) is 11.2. The molecule has 2 heterocycles. The summed E-state index contributed by atoms with van der Waals surface area (Å²) in [6, 6.07) is 13.3. The average molecular weight is 399 g/mol. The first-order valence-electron chi connectivity index (χ1n) is 9.25. The predicted octanol–water partition coefficient (Wildman–Crippen LogP) is 3.13. The van der Waals surface area contributed by atoms with Crippen LogP contribution in [0.15, 0.2) is 58.2 Å². The van der Waals surface area contributed by atoms with Gasteiger partial charge in [-0.15, -0.1) is 0 Å². The quantitative estimate of drug-likeness (QED) is 0.447. The molecular weight excluding hydrogens is 376 g/mol. The summed E-state index contributed by atoms with van der Waals surface area (Å²) in [4.78, 5) is 13.3. The SMILES string of the molecule is CCNC(=NCCc1nc(-c2ccc(Cl)cc2)no1)NCCc1ccccn1. The van der Waals surface area contributed by atoms with Gasteiger partial charge in [0.25, 0.3) is 0 Å². The van der Waals surface area contributed by atoms with Crippen molar-refractivity contribution in [3.8, 4) is 11.4 Å². The van der Waals surface area contributed by atoms with Gasteiger partial charge in [0, 0.05) is 48.4 Å². The Bertz CT molecular complexity index is 879. The van der Waals surface area contributed by atoms with Crippen molar-refractivity contribution in [3.05, 3.63) is 65.3 Å². The van der Waals surface area contributed by atoms with Crippen molar-refractivity contribution >= 4 is 17.6 Å². The van der Waals surface area contributed by atoms with Gasteiger partial charge >= 0.3 is 0 Å². The second-order valence-electron chi connectivity index (χ2n) is 6.03. The highest BCUT2D eigenvalue weighted by atomic mass is 35.5. The second-order valence-corrected chi connectivity index (χ2v) is 6.46. The number of hydrogen-bond acceptors (Lipinski definition) is 5. The summed E-state index contributed by atoms with van der Waals surface area (Å²) < 4.78 is 5.32. The van der Waals surface area contributed by atoms with Crippen LogP contribution in [0.5, 0.6) is 0 Å². The Labute approximate surface area is 169 Å². The fraction of sp³-hybridized carbons (Fsp3) is 0.300. The maximum Gasteiger partial charge on any atom is 0.228 e. The van der Waals surface area contributed by atoms with Crippen LogP contribution >= 0.6 is 11.6 Å². The molecule has 0 bridgehead atoms. The van der Waals surface area contributed by atoms with Crippen LogP contribution in [-0.2, 0) is 12.8 Å². The molecule has 0 aliphatic heterocycles. The van der Waals surface area contributed by atoms with Gasteiger partial charge in [-0.3, -0.25) is 9.98 Å². The monoisotopic (exact) mass is 398 g/mol. The maximum absolute atomic E-state index is 5.90. The lowest BCUT2D eigenvalue weighted by molar-refractivity contribution is 0.380. The highest BCUT2D eigenvalue weighted by molar-refractivity contribution is 6.30. The Morgan fingerprint density at radius 1 is 1.11 bits per heavy atom. The van der Waals surface area contributed by atoms with Gasteiger partial charge in [-0.05, 0) is 43.3 Å². The summed E-state index contributed by atoms with van der Waals surface area (Å²) in [6.07, 6.45) is 3.20. The smallest absolute Gasteiger partial charge is 0.228 e. The van der Waals surface area contributed by atoms with Crippen LogP contribution in [0.2, 0.25) is 5.02 Å². The molecule has 0 aliphatic rings. The normalized spacial score (nSPS) is 11.4. The van der Waals surface area contributed by atoms with Crippen molar-refractivity contribution < 1.29 is 4.52 Å². The van der Waals surface area contributed by atoms with E-state index in [1.54, 1.807) is 18.3 Å². The third-order valence-electron chi connectivity index (χ3n) is 3.91. The van der Waals surface area contributed by atoms with Crippen molar-refractivity contribution in [2.24, 2.45) is 4.99 Å². The van der Waals surface area contributed by atoms with Gasteiger partial charge in [-0.1, -0.05) is 22.8 Å². The molecule has 2 aromatic heterocycles. The molecule has 0 aliphatic carbocycles. The largest absolute Gasteiger partial charge is 0.357 e. The molecule has 28 heavy (non-hydrogen) atoms. The van der Waals surface area contributed by atoms with E-state index < -0.39 is 0 Å². The number of rotatable bonds is 8. The number of aromatic nitrogens is 3. The lowest BCUT2D eigenvalue weighted by Gasteiger charge is -2.10. The van der Waals surface area contributed by atoms with Gasteiger partial charge in [0.1, 0.15) is 0 Å². The number of nitrogens with one attached hydrogen (secondary N) is 2. The van der Waals surface area contributed by atoms with Crippen molar-refractivity contribution in [1.29, 1.82) is 0 Å². The van der Waals surface area contributed by atoms with Crippen LogP contribution in [0.3, 0.4) is 0 Å². The highest BCUT2D eigenvalue weighted by Gasteiger charge is 2.08. The van der Waals surface area contributed by atoms with Gasteiger partial charge in [-0.25, -0.2) is 0 Å². The molecule has 146 valence electrons. The van der Waals surface area contributed by atoms with Crippen LogP contribution in [-0.4, -0.2) is 40.7 Å². The van der Waals surface area contributed by atoms with E-state index in [1.807, 2.05) is 37.3 Å². The van der Waals surface area contributed by atoms with Gasteiger partial charge in [0.05, 0.1) is 6.54 Å². The van der Waals surface area contributed by atoms with E-state index in [1.165, 1.54) is 0 Å². The molecule has 0 radical (unpaired) electrons. The Kier molecular flexibility index (Phi) is 7.37. The minimum atomic E-state index is 0.543. The standard InChI is InChI=1S/C20H23ClN6O/c1-2-22-20(24-13-10-17-5-3-4-12-23-17)25-14-11-18-26-19(27-28-18)15-6-8-16(21)9-7-15/h3-9,12H,2,10-11,13-14H2,1H3,(H2,22,24,25). The molecule has 0 spiro atoms. The van der Waals surface area contributed by atoms with Crippen molar-refractivity contribution in [2.75, 3.05) is 19.6 Å². The maximum atomic E-state index is 5.90. The number of guanidine groups is 1. The Morgan fingerprint density at radius 2 is 1.96 bits per heavy atom.